The van der Waals surface area contributed by atoms with Gasteiger partial charge in [-0.1, -0.05) is 18.5 Å². The number of nitrogens with one attached hydrogen (secondary N) is 1. The second-order valence-corrected chi connectivity index (χ2v) is 4.57. The summed E-state index contributed by atoms with van der Waals surface area (Å²) in [5.74, 6) is 2.41. The number of rotatable bonds is 6. The maximum Gasteiger partial charge on any atom is 0.208 e. The molecule has 1 aromatic heterocycles. The van der Waals surface area contributed by atoms with E-state index >= 15 is 0 Å². The third-order valence-corrected chi connectivity index (χ3v) is 3.02. The van der Waals surface area contributed by atoms with Gasteiger partial charge < -0.3 is 14.5 Å². The van der Waals surface area contributed by atoms with Crippen molar-refractivity contribution in [1.82, 2.24) is 10.3 Å². The van der Waals surface area contributed by atoms with Crippen LogP contribution < -0.4 is 10.1 Å². The van der Waals surface area contributed by atoms with E-state index in [4.69, 9.17) is 20.8 Å². The minimum absolute atomic E-state index is 0.579. The molecule has 0 amide bonds. The molecule has 0 saturated carbocycles. The van der Waals surface area contributed by atoms with Crippen molar-refractivity contribution >= 4 is 11.6 Å². The van der Waals surface area contributed by atoms with Gasteiger partial charge >= 0.3 is 0 Å². The number of oxazole rings is 1. The van der Waals surface area contributed by atoms with Gasteiger partial charge in [-0.3, -0.25) is 0 Å². The summed E-state index contributed by atoms with van der Waals surface area (Å²) in [4.78, 5) is 4.19. The molecule has 0 unspecified atom stereocenters. The van der Waals surface area contributed by atoms with Gasteiger partial charge in [0.05, 0.1) is 19.9 Å². The Morgan fingerprint density at radius 3 is 2.89 bits per heavy atom. The number of hydrogen-bond donors (Lipinski definition) is 1. The first-order valence-electron chi connectivity index (χ1n) is 6.19. The summed E-state index contributed by atoms with van der Waals surface area (Å²) in [6.45, 7) is 3.26. The zero-order valence-electron chi connectivity index (χ0n) is 11.1. The monoisotopic (exact) mass is 280 g/mol. The van der Waals surface area contributed by atoms with Crippen molar-refractivity contribution in [3.63, 3.8) is 0 Å². The van der Waals surface area contributed by atoms with Gasteiger partial charge in [0.15, 0.2) is 0 Å². The molecule has 2 rings (SSSR count). The van der Waals surface area contributed by atoms with E-state index in [1.807, 2.05) is 25.1 Å². The Labute approximate surface area is 117 Å². The molecular weight excluding hydrogens is 264 g/mol. The summed E-state index contributed by atoms with van der Waals surface area (Å²) in [5, 5.41) is 3.96. The van der Waals surface area contributed by atoms with Crippen LogP contribution in [0.4, 0.5) is 0 Å². The van der Waals surface area contributed by atoms with E-state index < -0.39 is 0 Å². The van der Waals surface area contributed by atoms with Crippen molar-refractivity contribution in [1.29, 1.82) is 0 Å². The molecule has 1 heterocycles. The highest BCUT2D eigenvalue weighted by molar-refractivity contribution is 6.30. The van der Waals surface area contributed by atoms with Crippen LogP contribution in [0.15, 0.2) is 28.8 Å². The molecule has 0 saturated heterocycles. The number of benzene rings is 1. The lowest BCUT2D eigenvalue weighted by Gasteiger charge is -2.09. The van der Waals surface area contributed by atoms with Crippen molar-refractivity contribution in [2.75, 3.05) is 7.11 Å². The first kappa shape index (κ1) is 13.9. The highest BCUT2D eigenvalue weighted by Gasteiger charge is 2.05. The molecule has 0 radical (unpaired) electrons. The van der Waals surface area contributed by atoms with Gasteiger partial charge in [-0.2, -0.15) is 0 Å². The van der Waals surface area contributed by atoms with Crippen LogP contribution in [0.25, 0.3) is 0 Å². The second-order valence-electron chi connectivity index (χ2n) is 4.13. The Balaban J connectivity index is 1.93. The standard InChI is InChI=1S/C14H17ClN2O2/c1-3-12-8-17-14(19-12)9-16-7-10-6-11(15)4-5-13(10)18-2/h4-6,8,16H,3,7,9H2,1-2H3. The van der Waals surface area contributed by atoms with Gasteiger partial charge in [-0.15, -0.1) is 0 Å². The Bertz CT molecular complexity index is 540. The fourth-order valence-electron chi connectivity index (χ4n) is 1.78. The number of nitrogens with zero attached hydrogens (tertiary/aromatic N) is 1. The molecule has 1 aromatic carbocycles. The molecule has 19 heavy (non-hydrogen) atoms. The number of hydrogen-bond acceptors (Lipinski definition) is 4. The zero-order chi connectivity index (χ0) is 13.7. The van der Waals surface area contributed by atoms with Crippen molar-refractivity contribution in [2.24, 2.45) is 0 Å². The van der Waals surface area contributed by atoms with E-state index in [0.29, 0.717) is 24.0 Å². The molecule has 0 aliphatic carbocycles. The SMILES string of the molecule is CCc1cnc(CNCc2cc(Cl)ccc2OC)o1. The van der Waals surface area contributed by atoms with Crippen LogP contribution in [0, 0.1) is 0 Å². The maximum atomic E-state index is 5.98. The highest BCUT2D eigenvalue weighted by Crippen LogP contribution is 2.22. The van der Waals surface area contributed by atoms with Crippen molar-refractivity contribution in [3.8, 4) is 5.75 Å². The summed E-state index contributed by atoms with van der Waals surface area (Å²) < 4.78 is 10.8. The molecule has 2 aromatic rings. The summed E-state index contributed by atoms with van der Waals surface area (Å²) in [6.07, 6.45) is 2.62. The summed E-state index contributed by atoms with van der Waals surface area (Å²) >= 11 is 5.98. The summed E-state index contributed by atoms with van der Waals surface area (Å²) in [6, 6.07) is 5.56. The van der Waals surface area contributed by atoms with E-state index in [2.05, 4.69) is 10.3 Å². The van der Waals surface area contributed by atoms with Crippen molar-refractivity contribution in [2.45, 2.75) is 26.4 Å². The Hall–Kier alpha value is -1.52. The Kier molecular flexibility index (Phi) is 4.82. The Morgan fingerprint density at radius 1 is 1.37 bits per heavy atom. The van der Waals surface area contributed by atoms with Gasteiger partial charge in [0.25, 0.3) is 0 Å². The second kappa shape index (κ2) is 6.59. The van der Waals surface area contributed by atoms with E-state index in [-0.39, 0.29) is 0 Å². The minimum atomic E-state index is 0.579. The van der Waals surface area contributed by atoms with Crippen LogP contribution in [0.3, 0.4) is 0 Å². The fourth-order valence-corrected chi connectivity index (χ4v) is 1.98. The number of aromatic nitrogens is 1. The van der Waals surface area contributed by atoms with Crippen molar-refractivity contribution < 1.29 is 9.15 Å². The molecule has 0 aliphatic rings. The van der Waals surface area contributed by atoms with Gasteiger partial charge in [-0.25, -0.2) is 4.98 Å². The lowest BCUT2D eigenvalue weighted by atomic mass is 10.2. The van der Waals surface area contributed by atoms with Crippen LogP contribution >= 0.6 is 11.6 Å². The van der Waals surface area contributed by atoms with Gasteiger partial charge in [0.1, 0.15) is 11.5 Å². The lowest BCUT2D eigenvalue weighted by Crippen LogP contribution is -2.13. The van der Waals surface area contributed by atoms with Gasteiger partial charge in [0, 0.05) is 23.6 Å². The molecular formula is C14H17ClN2O2. The van der Waals surface area contributed by atoms with E-state index in [1.165, 1.54) is 0 Å². The van der Waals surface area contributed by atoms with Crippen LogP contribution in [-0.2, 0) is 19.5 Å². The summed E-state index contributed by atoms with van der Waals surface area (Å²) in [7, 11) is 1.65. The number of ether oxygens (including phenoxy) is 1. The normalized spacial score (nSPS) is 10.7. The van der Waals surface area contributed by atoms with Crippen molar-refractivity contribution in [3.05, 3.63) is 46.6 Å². The first-order chi connectivity index (χ1) is 9.22. The van der Waals surface area contributed by atoms with E-state index in [0.717, 1.165) is 23.5 Å². The molecule has 0 aliphatic heterocycles. The average Bonchev–Trinajstić information content (AvgIpc) is 2.87. The lowest BCUT2D eigenvalue weighted by molar-refractivity contribution is 0.404. The minimum Gasteiger partial charge on any atom is -0.496 e. The average molecular weight is 281 g/mol. The third kappa shape index (κ3) is 3.72. The van der Waals surface area contributed by atoms with Crippen LogP contribution in [0.2, 0.25) is 5.02 Å². The number of aryl methyl sites for hydroxylation is 1. The van der Waals surface area contributed by atoms with E-state index in [1.54, 1.807) is 13.3 Å². The molecule has 5 heteroatoms. The molecule has 0 spiro atoms. The van der Waals surface area contributed by atoms with Crippen LogP contribution in [0.5, 0.6) is 5.75 Å². The molecule has 4 nitrogen and oxygen atoms in total. The van der Waals surface area contributed by atoms with Crippen LogP contribution in [-0.4, -0.2) is 12.1 Å². The number of halogens is 1. The molecule has 102 valence electrons. The molecule has 1 N–H and O–H groups in total. The highest BCUT2D eigenvalue weighted by atomic mass is 35.5. The zero-order valence-corrected chi connectivity index (χ0v) is 11.8. The fraction of sp³-hybridized carbons (Fsp3) is 0.357. The molecule has 0 bridgehead atoms. The number of methoxy groups -OCH3 is 1. The predicted molar refractivity (Wildman–Crippen MR) is 74.4 cm³/mol. The summed E-state index contributed by atoms with van der Waals surface area (Å²) in [5.41, 5.74) is 1.01. The molecule has 0 fully saturated rings. The first-order valence-corrected chi connectivity index (χ1v) is 6.57. The van der Waals surface area contributed by atoms with Crippen LogP contribution in [0.1, 0.15) is 24.1 Å². The van der Waals surface area contributed by atoms with Gasteiger partial charge in [0.2, 0.25) is 5.89 Å². The largest absolute Gasteiger partial charge is 0.496 e. The van der Waals surface area contributed by atoms with Gasteiger partial charge in [-0.05, 0) is 18.2 Å². The maximum absolute atomic E-state index is 5.98. The molecule has 0 atom stereocenters. The Morgan fingerprint density at radius 2 is 2.21 bits per heavy atom. The topological polar surface area (TPSA) is 47.3 Å². The van der Waals surface area contributed by atoms with E-state index in [9.17, 15) is 0 Å². The quantitative estimate of drug-likeness (QED) is 0.883. The predicted octanol–water partition coefficient (Wildman–Crippen LogP) is 3.19. The smallest absolute Gasteiger partial charge is 0.208 e. The third-order valence-electron chi connectivity index (χ3n) is 2.78.